The second kappa shape index (κ2) is 16.3. The summed E-state index contributed by atoms with van der Waals surface area (Å²) in [6.07, 6.45) is 14.3. The van der Waals surface area contributed by atoms with Crippen LogP contribution in [-0.2, 0) is 28.6 Å². The zero-order valence-corrected chi connectivity index (χ0v) is 38.1. The minimum atomic E-state index is -0.791. The van der Waals surface area contributed by atoms with Gasteiger partial charge in [0.15, 0.2) is 0 Å². The Balaban J connectivity index is 0.924. The Bertz CT molecular complexity index is 2100. The monoisotopic (exact) mass is 847 g/mol. The summed E-state index contributed by atoms with van der Waals surface area (Å²) in [5, 5.41) is 7.23. The van der Waals surface area contributed by atoms with E-state index in [4.69, 9.17) is 19.7 Å². The Kier molecular flexibility index (Phi) is 12.1. The van der Waals surface area contributed by atoms with Gasteiger partial charge in [-0.3, -0.25) is 28.7 Å². The first-order chi connectivity index (χ1) is 28.7. The molecule has 6 aliphatic rings. The minimum absolute atomic E-state index is 0.00674. The molecule has 2 N–H and O–H groups in total. The highest BCUT2D eigenvalue weighted by atomic mass is 16.6. The van der Waals surface area contributed by atoms with E-state index < -0.39 is 41.0 Å². The molecule has 1 aromatic heterocycles. The summed E-state index contributed by atoms with van der Waals surface area (Å²) in [6.45, 7) is 18.6. The molecule has 0 unspecified atom stereocenters. The number of hydrogen-bond acceptors (Lipinski definition) is 9. The fraction of sp³-hybridized carbons (Fsp3) is 0.809. The van der Waals surface area contributed by atoms with Crippen molar-refractivity contribution >= 4 is 17.8 Å². The largest absolute Gasteiger partial charge is 0.469 e. The number of azide groups is 1. The summed E-state index contributed by atoms with van der Waals surface area (Å²) < 4.78 is 18.2. The number of carbonyl (C=O) groups excluding carboxylic acids is 3. The molecule has 1 saturated heterocycles. The van der Waals surface area contributed by atoms with Crippen molar-refractivity contribution < 1.29 is 28.6 Å². The smallest absolute Gasteiger partial charge is 0.330 e. The second-order valence-corrected chi connectivity index (χ2v) is 21.8. The van der Waals surface area contributed by atoms with Crippen molar-refractivity contribution in [3.63, 3.8) is 0 Å². The lowest BCUT2D eigenvalue weighted by atomic mass is 9.33. The first-order valence-electron chi connectivity index (χ1n) is 22.9. The number of aryl methyl sites for hydroxylation is 1. The summed E-state index contributed by atoms with van der Waals surface area (Å²) in [7, 11) is 1.57. The first kappa shape index (κ1) is 45.1. The molecule has 1 aromatic rings. The number of methoxy groups -OCH3 is 1. The van der Waals surface area contributed by atoms with Gasteiger partial charge < -0.3 is 19.5 Å². The first-order valence-corrected chi connectivity index (χ1v) is 22.9. The highest BCUT2D eigenvalue weighted by Gasteiger charge is 2.69. The molecule has 0 spiro atoms. The molecule has 7 rings (SSSR count). The van der Waals surface area contributed by atoms with Gasteiger partial charge in [-0.2, -0.15) is 0 Å². The van der Waals surface area contributed by atoms with Crippen LogP contribution in [0.25, 0.3) is 10.4 Å². The topological polar surface area (TPSA) is 195 Å². The Morgan fingerprint density at radius 3 is 2.43 bits per heavy atom. The number of nitrogens with zero attached hydrogens (tertiary/aromatic N) is 4. The fourth-order valence-corrected chi connectivity index (χ4v) is 14.2. The van der Waals surface area contributed by atoms with E-state index in [1.165, 1.54) is 10.8 Å². The second-order valence-electron chi connectivity index (χ2n) is 21.8. The van der Waals surface area contributed by atoms with Crippen LogP contribution in [0.15, 0.2) is 32.5 Å². The molecular weight excluding hydrogens is 777 g/mol. The van der Waals surface area contributed by atoms with Gasteiger partial charge in [-0.05, 0) is 134 Å². The molecule has 61 heavy (non-hydrogen) atoms. The number of ether oxygens (including phenoxy) is 3. The lowest BCUT2D eigenvalue weighted by molar-refractivity contribution is -0.193. The van der Waals surface area contributed by atoms with Gasteiger partial charge in [-0.1, -0.05) is 65.2 Å². The van der Waals surface area contributed by atoms with Gasteiger partial charge in [-0.15, -0.1) is 0 Å². The number of fused-ring (bicyclic) bond motifs is 7. The Hall–Kier alpha value is -3.90. The lowest BCUT2D eigenvalue weighted by Gasteiger charge is -2.71. The summed E-state index contributed by atoms with van der Waals surface area (Å²) in [5.74, 6) is 0.755. The third-order valence-corrected chi connectivity index (χ3v) is 17.9. The number of allylic oxidation sites excluding steroid dienone is 2. The van der Waals surface area contributed by atoms with Gasteiger partial charge in [0.1, 0.15) is 18.9 Å². The molecule has 14 heteroatoms. The van der Waals surface area contributed by atoms with Crippen molar-refractivity contribution in [1.29, 1.82) is 0 Å². The van der Waals surface area contributed by atoms with Crippen molar-refractivity contribution in [2.24, 2.45) is 55.4 Å². The van der Waals surface area contributed by atoms with Crippen LogP contribution in [0.2, 0.25) is 0 Å². The van der Waals surface area contributed by atoms with Crippen molar-refractivity contribution in [2.45, 2.75) is 176 Å². The van der Waals surface area contributed by atoms with Crippen LogP contribution in [0.3, 0.4) is 0 Å². The van der Waals surface area contributed by atoms with Gasteiger partial charge in [0.25, 0.3) is 5.56 Å². The molecule has 14 nitrogen and oxygen atoms in total. The Morgan fingerprint density at radius 2 is 1.70 bits per heavy atom. The number of H-pyrrole nitrogens is 1. The number of aromatic nitrogens is 2. The van der Waals surface area contributed by atoms with E-state index >= 15 is 0 Å². The third kappa shape index (κ3) is 7.69. The molecule has 5 fully saturated rings. The number of rotatable bonds is 11. The van der Waals surface area contributed by atoms with E-state index in [9.17, 15) is 24.0 Å². The normalized spacial score (nSPS) is 38.2. The maximum Gasteiger partial charge on any atom is 0.330 e. The Labute approximate surface area is 360 Å². The highest BCUT2D eigenvalue weighted by Crippen LogP contribution is 2.75. The molecule has 2 heterocycles. The summed E-state index contributed by atoms with van der Waals surface area (Å²) in [6, 6.07) is -0.606. The maximum absolute atomic E-state index is 13.6. The van der Waals surface area contributed by atoms with E-state index in [0.29, 0.717) is 36.7 Å². The van der Waals surface area contributed by atoms with Gasteiger partial charge in [0.2, 0.25) is 5.91 Å². The van der Waals surface area contributed by atoms with Crippen molar-refractivity contribution in [1.82, 2.24) is 14.9 Å². The lowest BCUT2D eigenvalue weighted by Crippen LogP contribution is -2.66. The molecule has 4 saturated carbocycles. The van der Waals surface area contributed by atoms with Crippen LogP contribution in [-0.4, -0.2) is 59.3 Å². The van der Waals surface area contributed by atoms with E-state index in [0.717, 1.165) is 64.2 Å². The molecule has 0 radical (unpaired) electrons. The maximum atomic E-state index is 13.6. The average Bonchev–Trinajstić information content (AvgIpc) is 3.60. The number of aromatic amines is 1. The van der Waals surface area contributed by atoms with Crippen molar-refractivity contribution in [3.05, 3.63) is 54.7 Å². The minimum Gasteiger partial charge on any atom is -0.469 e. The molecule has 336 valence electrons. The number of carbonyl (C=O) groups is 3. The fourth-order valence-electron chi connectivity index (χ4n) is 14.2. The number of amides is 1. The van der Waals surface area contributed by atoms with Crippen LogP contribution in [0.1, 0.15) is 157 Å². The van der Waals surface area contributed by atoms with Gasteiger partial charge >= 0.3 is 17.6 Å². The highest BCUT2D eigenvalue weighted by molar-refractivity contribution is 5.79. The van der Waals surface area contributed by atoms with Gasteiger partial charge in [-0.25, -0.2) is 4.79 Å². The van der Waals surface area contributed by atoms with E-state index in [2.05, 4.69) is 74.9 Å². The zero-order valence-electron chi connectivity index (χ0n) is 38.1. The summed E-state index contributed by atoms with van der Waals surface area (Å²) >= 11 is 0. The standard InChI is InChI=1S/C47H70N6O8/c1-28-26-53(41(58)50-39(28)56)37-24-31(51-52-48)32(61-37)27-60-38(55)13-11-10-12-36(54)49-35-17-18-44(6)33(43(35,4)5)16-19-46(8)34(44)15-14-29-30-25-42(2,3)20-22-47(30,40(57)59-9)23-21-45(29,46)7/h14,26,30-35,37H,10-13,15-25,27H2,1-9H3,(H,49,54)(H,50,56,58)/t30-,31-,32+,33-,34+,35+,37+,44-,45+,46+,47-/m0/s1. The quantitative estimate of drug-likeness (QED) is 0.0553. The van der Waals surface area contributed by atoms with Crippen molar-refractivity contribution in [2.75, 3.05) is 13.7 Å². The molecule has 5 aliphatic carbocycles. The van der Waals surface area contributed by atoms with Crippen LogP contribution in [0.4, 0.5) is 0 Å². The van der Waals surface area contributed by atoms with Crippen LogP contribution < -0.4 is 16.6 Å². The van der Waals surface area contributed by atoms with E-state index in [-0.39, 0.29) is 70.4 Å². The molecular formula is C47H70N6O8. The molecule has 11 atom stereocenters. The van der Waals surface area contributed by atoms with Crippen LogP contribution in [0.5, 0.6) is 0 Å². The van der Waals surface area contributed by atoms with Crippen LogP contribution >= 0.6 is 0 Å². The van der Waals surface area contributed by atoms with Crippen LogP contribution in [0, 0.1) is 57.2 Å². The molecule has 1 aliphatic heterocycles. The summed E-state index contributed by atoms with van der Waals surface area (Å²) in [4.78, 5) is 69.2. The predicted molar refractivity (Wildman–Crippen MR) is 230 cm³/mol. The van der Waals surface area contributed by atoms with E-state index in [1.54, 1.807) is 19.6 Å². The number of hydrogen-bond donors (Lipinski definition) is 2. The molecule has 1 amide bonds. The average molecular weight is 847 g/mol. The number of esters is 2. The summed E-state index contributed by atoms with van der Waals surface area (Å²) in [5.41, 5.74) is 9.78. The SMILES string of the molecule is COC(=O)[C@]12CCC(C)(C)C[C@H]1C1=CC[C@@H]3[C@@]4(C)CC[C@@H](NC(=O)CCCCC(=O)OC[C@H]5O[C@@H](n6cc(C)c(=O)[nH]c6=O)C[C@@H]5N=[N+]=[N-])C(C)(C)[C@@H]4CC[C@@]3(C)[C@]1(C)CC2. The number of nitrogens with one attached hydrogen (secondary N) is 2. The van der Waals surface area contributed by atoms with Gasteiger partial charge in [0, 0.05) is 42.0 Å². The van der Waals surface area contributed by atoms with Gasteiger partial charge in [0.05, 0.1) is 18.6 Å². The number of unbranched alkanes of at least 4 members (excludes halogenated alkanes) is 1. The third-order valence-electron chi connectivity index (χ3n) is 17.9. The predicted octanol–water partition coefficient (Wildman–Crippen LogP) is 8.37. The Morgan fingerprint density at radius 1 is 0.984 bits per heavy atom. The zero-order chi connectivity index (χ0) is 44.3. The molecule has 0 aromatic carbocycles. The van der Waals surface area contributed by atoms with Crippen molar-refractivity contribution in [3.8, 4) is 0 Å². The van der Waals surface area contributed by atoms with E-state index in [1.807, 2.05) is 0 Å². The molecule has 0 bridgehead atoms.